The van der Waals surface area contributed by atoms with Gasteiger partial charge in [0.2, 0.25) is 0 Å². The van der Waals surface area contributed by atoms with Gasteiger partial charge in [0.15, 0.2) is 6.10 Å². The van der Waals surface area contributed by atoms with Gasteiger partial charge in [-0.2, -0.15) is 0 Å². The first kappa shape index (κ1) is 20.8. The third-order valence-electron chi connectivity index (χ3n) is 5.06. The minimum absolute atomic E-state index is 0.210. The Labute approximate surface area is 185 Å². The quantitative estimate of drug-likeness (QED) is 0.517. The fourth-order valence-corrected chi connectivity index (χ4v) is 3.48. The molecule has 7 heteroatoms. The highest BCUT2D eigenvalue weighted by Gasteiger charge is 2.25. The molecule has 3 aromatic rings. The van der Waals surface area contributed by atoms with Crippen LogP contribution in [0, 0.1) is 6.92 Å². The molecule has 0 saturated heterocycles. The first-order chi connectivity index (χ1) is 14.9. The molecule has 0 aliphatic carbocycles. The van der Waals surface area contributed by atoms with E-state index < -0.39 is 12.1 Å². The normalized spacial score (nSPS) is 15.8. The number of hydrogen-bond donors (Lipinski definition) is 3. The molecule has 0 saturated carbocycles. The van der Waals surface area contributed by atoms with Crippen LogP contribution in [0.1, 0.15) is 24.1 Å². The number of aryl methyl sites for hydroxylation is 1. The number of ether oxygens (including phenoxy) is 1. The van der Waals surface area contributed by atoms with E-state index in [9.17, 15) is 9.59 Å². The maximum absolute atomic E-state index is 13.2. The van der Waals surface area contributed by atoms with Gasteiger partial charge in [-0.3, -0.25) is 9.59 Å². The molecule has 0 unspecified atom stereocenters. The SMILES string of the molecule is Cc1ccc(NC(=O)[C@@H](Nc2ccc3c(c2)NC(=O)[C@H](C)O3)c2ccccc2)cc1Cl. The summed E-state index contributed by atoms with van der Waals surface area (Å²) in [7, 11) is 0. The summed E-state index contributed by atoms with van der Waals surface area (Å²) in [6.45, 7) is 3.60. The molecule has 4 rings (SSSR count). The minimum atomic E-state index is -0.668. The fraction of sp³-hybridized carbons (Fsp3) is 0.167. The van der Waals surface area contributed by atoms with E-state index in [2.05, 4.69) is 16.0 Å². The Morgan fingerprint density at radius 3 is 2.55 bits per heavy atom. The second-order valence-electron chi connectivity index (χ2n) is 7.40. The van der Waals surface area contributed by atoms with E-state index in [-0.39, 0.29) is 11.8 Å². The molecule has 31 heavy (non-hydrogen) atoms. The average molecular weight is 436 g/mol. The van der Waals surface area contributed by atoms with Gasteiger partial charge in [-0.15, -0.1) is 0 Å². The van der Waals surface area contributed by atoms with Crippen LogP contribution < -0.4 is 20.7 Å². The largest absolute Gasteiger partial charge is 0.479 e. The molecule has 1 aliphatic heterocycles. The molecular weight excluding hydrogens is 414 g/mol. The number of carbonyl (C=O) groups excluding carboxylic acids is 2. The van der Waals surface area contributed by atoms with Gasteiger partial charge in [0.05, 0.1) is 5.69 Å². The molecule has 0 radical (unpaired) electrons. The van der Waals surface area contributed by atoms with E-state index in [1.165, 1.54) is 0 Å². The van der Waals surface area contributed by atoms with Crippen LogP contribution >= 0.6 is 11.6 Å². The molecule has 0 spiro atoms. The van der Waals surface area contributed by atoms with Crippen LogP contribution in [-0.2, 0) is 9.59 Å². The van der Waals surface area contributed by atoms with Gasteiger partial charge in [0.1, 0.15) is 11.8 Å². The lowest BCUT2D eigenvalue weighted by Gasteiger charge is -2.25. The highest BCUT2D eigenvalue weighted by Crippen LogP contribution is 2.33. The van der Waals surface area contributed by atoms with Crippen molar-refractivity contribution in [2.75, 3.05) is 16.0 Å². The maximum Gasteiger partial charge on any atom is 0.265 e. The second kappa shape index (κ2) is 8.70. The maximum atomic E-state index is 13.2. The summed E-state index contributed by atoms with van der Waals surface area (Å²) in [6, 6.07) is 19.5. The third-order valence-corrected chi connectivity index (χ3v) is 5.46. The summed E-state index contributed by atoms with van der Waals surface area (Å²) < 4.78 is 5.60. The first-order valence-electron chi connectivity index (χ1n) is 9.91. The van der Waals surface area contributed by atoms with E-state index in [4.69, 9.17) is 16.3 Å². The number of anilines is 3. The van der Waals surface area contributed by atoms with Crippen molar-refractivity contribution in [3.63, 3.8) is 0 Å². The summed E-state index contributed by atoms with van der Waals surface area (Å²) in [6.07, 6.45) is -0.546. The molecular formula is C24H22ClN3O3. The van der Waals surface area contributed by atoms with Crippen LogP contribution in [0.25, 0.3) is 0 Å². The molecule has 0 bridgehead atoms. The lowest BCUT2D eigenvalue weighted by Crippen LogP contribution is -2.34. The zero-order valence-electron chi connectivity index (χ0n) is 17.1. The minimum Gasteiger partial charge on any atom is -0.479 e. The van der Waals surface area contributed by atoms with E-state index in [1.807, 2.05) is 55.5 Å². The number of fused-ring (bicyclic) bond motifs is 1. The number of hydrogen-bond acceptors (Lipinski definition) is 4. The molecule has 3 N–H and O–H groups in total. The van der Waals surface area contributed by atoms with Crippen LogP contribution in [0.3, 0.4) is 0 Å². The Morgan fingerprint density at radius 2 is 1.81 bits per heavy atom. The number of amides is 2. The van der Waals surface area contributed by atoms with E-state index >= 15 is 0 Å². The molecule has 3 aromatic carbocycles. The molecule has 0 fully saturated rings. The van der Waals surface area contributed by atoms with Gasteiger partial charge in [0.25, 0.3) is 11.8 Å². The van der Waals surface area contributed by atoms with Crippen molar-refractivity contribution in [1.29, 1.82) is 0 Å². The fourth-order valence-electron chi connectivity index (χ4n) is 3.30. The highest BCUT2D eigenvalue weighted by molar-refractivity contribution is 6.31. The van der Waals surface area contributed by atoms with Crippen LogP contribution in [0.15, 0.2) is 66.7 Å². The zero-order chi connectivity index (χ0) is 22.0. The van der Waals surface area contributed by atoms with E-state index in [0.717, 1.165) is 11.1 Å². The number of benzene rings is 3. The predicted octanol–water partition coefficient (Wildman–Crippen LogP) is 5.16. The lowest BCUT2D eigenvalue weighted by atomic mass is 10.0. The van der Waals surface area contributed by atoms with Crippen molar-refractivity contribution in [2.45, 2.75) is 26.0 Å². The van der Waals surface area contributed by atoms with Crippen molar-refractivity contribution in [2.24, 2.45) is 0 Å². The molecule has 1 aliphatic rings. The molecule has 2 amide bonds. The molecule has 158 valence electrons. The van der Waals surface area contributed by atoms with Crippen molar-refractivity contribution >= 4 is 40.5 Å². The number of rotatable bonds is 5. The summed E-state index contributed by atoms with van der Waals surface area (Å²) >= 11 is 6.20. The standard InChI is InChI=1S/C24H22ClN3O3/c1-14-8-9-17(12-19(14)25)27-24(30)22(16-6-4-3-5-7-16)26-18-10-11-21-20(13-18)28-23(29)15(2)31-21/h3-13,15,22,26H,1-2H3,(H,27,30)(H,28,29)/t15-,22-/m0/s1. The Hall–Kier alpha value is -3.51. The number of nitrogens with one attached hydrogen (secondary N) is 3. The summed E-state index contributed by atoms with van der Waals surface area (Å²) in [5, 5.41) is 9.60. The monoisotopic (exact) mass is 435 g/mol. The molecule has 6 nitrogen and oxygen atoms in total. The summed E-state index contributed by atoms with van der Waals surface area (Å²) in [5.74, 6) is 0.142. The van der Waals surface area contributed by atoms with Gasteiger partial charge in [-0.05, 0) is 55.3 Å². The average Bonchev–Trinajstić information content (AvgIpc) is 2.76. The number of carbonyl (C=O) groups is 2. The second-order valence-corrected chi connectivity index (χ2v) is 7.81. The summed E-state index contributed by atoms with van der Waals surface area (Å²) in [5.41, 5.74) is 3.58. The molecule has 2 atom stereocenters. The van der Waals surface area contributed by atoms with Crippen molar-refractivity contribution < 1.29 is 14.3 Å². The van der Waals surface area contributed by atoms with Gasteiger partial charge < -0.3 is 20.7 Å². The van der Waals surface area contributed by atoms with Crippen LogP contribution in [0.2, 0.25) is 5.02 Å². The number of halogens is 1. The van der Waals surface area contributed by atoms with Crippen LogP contribution in [0.4, 0.5) is 17.1 Å². The third kappa shape index (κ3) is 4.64. The first-order valence-corrected chi connectivity index (χ1v) is 10.3. The molecule has 1 heterocycles. The summed E-state index contributed by atoms with van der Waals surface area (Å²) in [4.78, 5) is 25.1. The van der Waals surface area contributed by atoms with Gasteiger partial charge in [-0.25, -0.2) is 0 Å². The Morgan fingerprint density at radius 1 is 1.06 bits per heavy atom. The smallest absolute Gasteiger partial charge is 0.265 e. The van der Waals surface area contributed by atoms with Crippen LogP contribution in [-0.4, -0.2) is 17.9 Å². The van der Waals surface area contributed by atoms with Crippen molar-refractivity contribution in [1.82, 2.24) is 0 Å². The highest BCUT2D eigenvalue weighted by atomic mass is 35.5. The van der Waals surface area contributed by atoms with E-state index in [1.54, 1.807) is 25.1 Å². The zero-order valence-corrected chi connectivity index (χ0v) is 17.9. The van der Waals surface area contributed by atoms with Crippen molar-refractivity contribution in [3.05, 3.63) is 82.9 Å². The van der Waals surface area contributed by atoms with Gasteiger partial charge in [-0.1, -0.05) is 48.0 Å². The van der Waals surface area contributed by atoms with Gasteiger partial charge in [0, 0.05) is 16.4 Å². The topological polar surface area (TPSA) is 79.5 Å². The predicted molar refractivity (Wildman–Crippen MR) is 123 cm³/mol. The molecule has 0 aromatic heterocycles. The van der Waals surface area contributed by atoms with Crippen LogP contribution in [0.5, 0.6) is 5.75 Å². The lowest BCUT2D eigenvalue weighted by molar-refractivity contribution is -0.122. The van der Waals surface area contributed by atoms with Crippen molar-refractivity contribution in [3.8, 4) is 5.75 Å². The van der Waals surface area contributed by atoms with Gasteiger partial charge >= 0.3 is 0 Å². The van der Waals surface area contributed by atoms with E-state index in [0.29, 0.717) is 27.8 Å². The Kier molecular flexibility index (Phi) is 5.82. The Bertz CT molecular complexity index is 1130. The Balaban J connectivity index is 1.60.